The van der Waals surface area contributed by atoms with Crippen molar-refractivity contribution in [2.45, 2.75) is 168 Å². The van der Waals surface area contributed by atoms with E-state index in [2.05, 4.69) is 20.8 Å². The fourth-order valence-electron chi connectivity index (χ4n) is 6.25. The van der Waals surface area contributed by atoms with Crippen molar-refractivity contribution in [2.24, 2.45) is 17.1 Å². The van der Waals surface area contributed by atoms with Crippen LogP contribution in [-0.2, 0) is 0 Å². The Morgan fingerprint density at radius 2 is 1.24 bits per heavy atom. The van der Waals surface area contributed by atoms with Crippen molar-refractivity contribution in [3.8, 4) is 0 Å². The molecule has 1 fully saturated rings. The van der Waals surface area contributed by atoms with E-state index in [1.54, 1.807) is 0 Å². The van der Waals surface area contributed by atoms with Gasteiger partial charge in [0.05, 0.1) is 0 Å². The van der Waals surface area contributed by atoms with Gasteiger partial charge in [0.15, 0.2) is 0 Å². The van der Waals surface area contributed by atoms with E-state index in [-0.39, 0.29) is 0 Å². The lowest BCUT2D eigenvalue weighted by molar-refractivity contribution is 0.0399. The lowest BCUT2D eigenvalue weighted by atomic mass is 9.58. The second-order valence-electron chi connectivity index (χ2n) is 10.4. The maximum atomic E-state index is 6.93. The Morgan fingerprint density at radius 3 is 1.76 bits per heavy atom. The molecular weight excluding hydrogens is 350 g/mol. The Kier molecular flexibility index (Phi) is 16.4. The van der Waals surface area contributed by atoms with E-state index in [9.17, 15) is 0 Å². The number of hydrogen-bond donors (Lipinski definition) is 1. The zero-order valence-corrected chi connectivity index (χ0v) is 20.8. The molecule has 1 saturated carbocycles. The largest absolute Gasteiger partial charge is 0.327 e. The molecule has 29 heavy (non-hydrogen) atoms. The van der Waals surface area contributed by atoms with Crippen molar-refractivity contribution in [1.29, 1.82) is 0 Å². The molecule has 1 nitrogen and oxygen atoms in total. The first kappa shape index (κ1) is 27.0. The molecule has 0 heterocycles. The predicted octanol–water partition coefficient (Wildman–Crippen LogP) is 9.57. The van der Waals surface area contributed by atoms with Crippen LogP contribution in [0.15, 0.2) is 0 Å². The van der Waals surface area contributed by atoms with Crippen molar-refractivity contribution in [1.82, 2.24) is 0 Å². The van der Waals surface area contributed by atoms with Crippen LogP contribution in [0.4, 0.5) is 0 Å². The highest BCUT2D eigenvalue weighted by atomic mass is 14.7. The molecular formula is C28H57N. The van der Waals surface area contributed by atoms with Gasteiger partial charge in [0.1, 0.15) is 0 Å². The number of hydrogen-bond acceptors (Lipinski definition) is 1. The third-order valence-corrected chi connectivity index (χ3v) is 7.97. The van der Waals surface area contributed by atoms with Gasteiger partial charge in [-0.2, -0.15) is 0 Å². The summed E-state index contributed by atoms with van der Waals surface area (Å²) in [5.41, 5.74) is 7.40. The van der Waals surface area contributed by atoms with Crippen LogP contribution in [0.5, 0.6) is 0 Å². The van der Waals surface area contributed by atoms with Gasteiger partial charge >= 0.3 is 0 Å². The minimum Gasteiger partial charge on any atom is -0.327 e. The zero-order chi connectivity index (χ0) is 21.2. The molecule has 0 saturated heterocycles. The van der Waals surface area contributed by atoms with E-state index in [0.717, 1.165) is 5.92 Å². The predicted molar refractivity (Wildman–Crippen MR) is 132 cm³/mol. The molecule has 174 valence electrons. The second-order valence-corrected chi connectivity index (χ2v) is 10.4. The summed E-state index contributed by atoms with van der Waals surface area (Å²) in [7, 11) is 0. The summed E-state index contributed by atoms with van der Waals surface area (Å²) in [4.78, 5) is 0. The molecule has 1 aliphatic rings. The molecule has 0 aliphatic heterocycles. The standard InChI is InChI=1S/C28H57N/c1-4-7-8-9-10-11-12-13-14-15-16-17-18-23-27(29)28(24-6-3)25-20-19-22-26(28)21-5-2/h26-27H,4-25,29H2,1-3H3. The third kappa shape index (κ3) is 10.7. The summed E-state index contributed by atoms with van der Waals surface area (Å²) in [6, 6.07) is 0.451. The Morgan fingerprint density at radius 1 is 0.690 bits per heavy atom. The fraction of sp³-hybridized carbons (Fsp3) is 1.00. The summed E-state index contributed by atoms with van der Waals surface area (Å²) >= 11 is 0. The monoisotopic (exact) mass is 407 g/mol. The highest BCUT2D eigenvalue weighted by molar-refractivity contribution is 4.96. The molecule has 2 N–H and O–H groups in total. The molecule has 3 unspecified atom stereocenters. The summed E-state index contributed by atoms with van der Waals surface area (Å²) < 4.78 is 0. The van der Waals surface area contributed by atoms with E-state index >= 15 is 0 Å². The Labute approximate surface area is 185 Å². The van der Waals surface area contributed by atoms with Gasteiger partial charge in [-0.05, 0) is 37.0 Å². The number of rotatable bonds is 19. The van der Waals surface area contributed by atoms with Crippen LogP contribution in [0.3, 0.4) is 0 Å². The summed E-state index contributed by atoms with van der Waals surface area (Å²) in [6.45, 7) is 7.04. The Balaban J connectivity index is 2.13. The number of nitrogens with two attached hydrogens (primary N) is 1. The molecule has 1 aliphatic carbocycles. The van der Waals surface area contributed by atoms with Crippen molar-refractivity contribution < 1.29 is 0 Å². The van der Waals surface area contributed by atoms with Crippen LogP contribution >= 0.6 is 0 Å². The van der Waals surface area contributed by atoms with Crippen LogP contribution in [0.25, 0.3) is 0 Å². The third-order valence-electron chi connectivity index (χ3n) is 7.97. The second kappa shape index (κ2) is 17.6. The lowest BCUT2D eigenvalue weighted by Gasteiger charge is -2.49. The van der Waals surface area contributed by atoms with Gasteiger partial charge in [-0.1, -0.05) is 136 Å². The normalized spacial score (nSPS) is 23.4. The Bertz CT molecular complexity index is 346. The van der Waals surface area contributed by atoms with Crippen LogP contribution < -0.4 is 5.73 Å². The topological polar surface area (TPSA) is 26.0 Å². The van der Waals surface area contributed by atoms with Crippen LogP contribution in [0.1, 0.15) is 162 Å². The molecule has 0 aromatic carbocycles. The smallest absolute Gasteiger partial charge is 0.00982 e. The molecule has 0 aromatic rings. The van der Waals surface area contributed by atoms with Crippen molar-refractivity contribution >= 4 is 0 Å². The summed E-state index contributed by atoms with van der Waals surface area (Å²) in [5.74, 6) is 0.901. The minimum atomic E-state index is 0.451. The molecule has 0 spiro atoms. The molecule has 1 rings (SSSR count). The molecule has 1 heteroatoms. The first-order valence-corrected chi connectivity index (χ1v) is 14.0. The van der Waals surface area contributed by atoms with E-state index in [1.165, 1.54) is 141 Å². The van der Waals surface area contributed by atoms with Crippen LogP contribution in [0, 0.1) is 11.3 Å². The molecule has 3 atom stereocenters. The fourth-order valence-corrected chi connectivity index (χ4v) is 6.25. The van der Waals surface area contributed by atoms with Crippen LogP contribution in [-0.4, -0.2) is 6.04 Å². The lowest BCUT2D eigenvalue weighted by Crippen LogP contribution is -2.48. The van der Waals surface area contributed by atoms with Gasteiger partial charge in [-0.25, -0.2) is 0 Å². The first-order valence-electron chi connectivity index (χ1n) is 14.0. The quantitative estimate of drug-likeness (QED) is 0.212. The minimum absolute atomic E-state index is 0.451. The average molecular weight is 408 g/mol. The zero-order valence-electron chi connectivity index (χ0n) is 20.8. The van der Waals surface area contributed by atoms with Crippen LogP contribution in [0.2, 0.25) is 0 Å². The molecule has 0 bridgehead atoms. The summed E-state index contributed by atoms with van der Waals surface area (Å²) in [6.07, 6.45) is 31.1. The van der Waals surface area contributed by atoms with E-state index in [0.29, 0.717) is 11.5 Å². The van der Waals surface area contributed by atoms with Crippen molar-refractivity contribution in [3.63, 3.8) is 0 Å². The van der Waals surface area contributed by atoms with E-state index in [4.69, 9.17) is 5.73 Å². The van der Waals surface area contributed by atoms with Gasteiger partial charge in [-0.15, -0.1) is 0 Å². The highest BCUT2D eigenvalue weighted by Crippen LogP contribution is 2.49. The SMILES string of the molecule is CCCCCCCCCCCCCCCC(N)C1(CCC)CCCCC1CCC. The first-order chi connectivity index (χ1) is 14.2. The molecule has 0 radical (unpaired) electrons. The average Bonchev–Trinajstić information content (AvgIpc) is 2.73. The maximum absolute atomic E-state index is 6.93. The number of unbranched alkanes of at least 4 members (excludes halogenated alkanes) is 12. The summed E-state index contributed by atoms with van der Waals surface area (Å²) in [5, 5.41) is 0. The van der Waals surface area contributed by atoms with Crippen molar-refractivity contribution in [3.05, 3.63) is 0 Å². The van der Waals surface area contributed by atoms with Gasteiger partial charge in [0, 0.05) is 6.04 Å². The van der Waals surface area contributed by atoms with Gasteiger partial charge in [0.2, 0.25) is 0 Å². The maximum Gasteiger partial charge on any atom is 0.00982 e. The Hall–Kier alpha value is -0.0400. The molecule has 0 amide bonds. The van der Waals surface area contributed by atoms with Gasteiger partial charge < -0.3 is 5.73 Å². The highest BCUT2D eigenvalue weighted by Gasteiger charge is 2.43. The van der Waals surface area contributed by atoms with E-state index < -0.39 is 0 Å². The van der Waals surface area contributed by atoms with E-state index in [1.807, 2.05) is 0 Å². The molecule has 0 aromatic heterocycles. The van der Waals surface area contributed by atoms with Crippen molar-refractivity contribution in [2.75, 3.05) is 0 Å². The van der Waals surface area contributed by atoms with Gasteiger partial charge in [-0.3, -0.25) is 0 Å². The van der Waals surface area contributed by atoms with Gasteiger partial charge in [0.25, 0.3) is 0 Å².